The fourth-order valence-electron chi connectivity index (χ4n) is 3.79. The maximum atomic E-state index is 12.9. The number of rotatable bonds is 3. The highest BCUT2D eigenvalue weighted by molar-refractivity contribution is 6.29. The van der Waals surface area contributed by atoms with Gasteiger partial charge in [0.05, 0.1) is 0 Å². The first kappa shape index (κ1) is 18.0. The highest BCUT2D eigenvalue weighted by atomic mass is 35.5. The Hall–Kier alpha value is -2.41. The fourth-order valence-corrected chi connectivity index (χ4v) is 3.89. The number of aromatic nitrogens is 3. The van der Waals surface area contributed by atoms with Crippen molar-refractivity contribution >= 4 is 29.1 Å². The second-order valence-electron chi connectivity index (χ2n) is 6.98. The Morgan fingerprint density at radius 2 is 1.63 bits per heavy atom. The Bertz CT molecular complexity index is 756. The standard InChI is InChI=1S/C19H23ClN6O/c20-16-4-5-18(23-22-16)24-9-6-15(7-10-24)19(27)26-13-11-25(12-14-26)17-3-1-2-8-21-17/h1-5,8,15H,6-7,9-14H2. The third kappa shape index (κ3) is 4.13. The first-order chi connectivity index (χ1) is 13.2. The molecule has 7 nitrogen and oxygen atoms in total. The monoisotopic (exact) mass is 386 g/mol. The zero-order valence-electron chi connectivity index (χ0n) is 15.2. The van der Waals surface area contributed by atoms with Gasteiger partial charge in [-0.15, -0.1) is 10.2 Å². The van der Waals surface area contributed by atoms with E-state index in [0.29, 0.717) is 5.15 Å². The van der Waals surface area contributed by atoms with Gasteiger partial charge in [0.2, 0.25) is 5.91 Å². The van der Waals surface area contributed by atoms with Crippen LogP contribution in [-0.2, 0) is 4.79 Å². The van der Waals surface area contributed by atoms with Gasteiger partial charge >= 0.3 is 0 Å². The average Bonchev–Trinajstić information content (AvgIpc) is 2.75. The summed E-state index contributed by atoms with van der Waals surface area (Å²) in [6, 6.07) is 9.58. The number of hydrogen-bond acceptors (Lipinski definition) is 6. The van der Waals surface area contributed by atoms with Crippen LogP contribution in [0.25, 0.3) is 0 Å². The van der Waals surface area contributed by atoms with Gasteiger partial charge in [0, 0.05) is 51.4 Å². The predicted molar refractivity (Wildman–Crippen MR) is 105 cm³/mol. The lowest BCUT2D eigenvalue weighted by atomic mass is 9.95. The lowest BCUT2D eigenvalue weighted by molar-refractivity contribution is -0.136. The maximum absolute atomic E-state index is 12.9. The van der Waals surface area contributed by atoms with Crippen LogP contribution in [-0.4, -0.2) is 65.3 Å². The summed E-state index contributed by atoms with van der Waals surface area (Å²) in [5.74, 6) is 2.21. The Morgan fingerprint density at radius 3 is 2.26 bits per heavy atom. The van der Waals surface area contributed by atoms with Gasteiger partial charge in [-0.25, -0.2) is 4.98 Å². The second kappa shape index (κ2) is 8.08. The van der Waals surface area contributed by atoms with Crippen LogP contribution in [0.2, 0.25) is 5.15 Å². The molecule has 1 amide bonds. The molecule has 0 radical (unpaired) electrons. The first-order valence-corrected chi connectivity index (χ1v) is 9.77. The summed E-state index contributed by atoms with van der Waals surface area (Å²) in [5.41, 5.74) is 0. The van der Waals surface area contributed by atoms with Crippen molar-refractivity contribution in [1.29, 1.82) is 0 Å². The minimum atomic E-state index is 0.0999. The molecule has 0 bridgehead atoms. The Balaban J connectivity index is 1.28. The molecule has 2 fully saturated rings. The summed E-state index contributed by atoms with van der Waals surface area (Å²) in [4.78, 5) is 23.7. The molecule has 0 spiro atoms. The molecule has 8 heteroatoms. The number of hydrogen-bond donors (Lipinski definition) is 0. The van der Waals surface area contributed by atoms with Crippen molar-refractivity contribution in [2.24, 2.45) is 5.92 Å². The molecule has 2 aliphatic rings. The smallest absolute Gasteiger partial charge is 0.225 e. The van der Waals surface area contributed by atoms with Crippen molar-refractivity contribution in [3.05, 3.63) is 41.7 Å². The van der Waals surface area contributed by atoms with Gasteiger partial charge in [-0.05, 0) is 37.1 Å². The number of carbonyl (C=O) groups is 1. The van der Waals surface area contributed by atoms with Crippen molar-refractivity contribution < 1.29 is 4.79 Å². The van der Waals surface area contributed by atoms with Crippen LogP contribution in [0, 0.1) is 5.92 Å². The minimum absolute atomic E-state index is 0.0999. The van der Waals surface area contributed by atoms with E-state index in [1.807, 2.05) is 35.4 Å². The Labute approximate surface area is 163 Å². The van der Waals surface area contributed by atoms with Gasteiger partial charge in [0.25, 0.3) is 0 Å². The van der Waals surface area contributed by atoms with Crippen molar-refractivity contribution in [2.75, 3.05) is 49.1 Å². The summed E-state index contributed by atoms with van der Waals surface area (Å²) >= 11 is 5.80. The van der Waals surface area contributed by atoms with Gasteiger partial charge in [-0.1, -0.05) is 17.7 Å². The lowest BCUT2D eigenvalue weighted by Crippen LogP contribution is -2.52. The van der Waals surface area contributed by atoms with E-state index >= 15 is 0 Å². The molecule has 27 heavy (non-hydrogen) atoms. The highest BCUT2D eigenvalue weighted by Crippen LogP contribution is 2.24. The Morgan fingerprint density at radius 1 is 0.889 bits per heavy atom. The molecule has 2 saturated heterocycles. The molecular formula is C19H23ClN6O. The van der Waals surface area contributed by atoms with Crippen LogP contribution in [0.4, 0.5) is 11.6 Å². The number of carbonyl (C=O) groups excluding carboxylic acids is 1. The minimum Gasteiger partial charge on any atom is -0.355 e. The molecule has 4 rings (SSSR count). The lowest BCUT2D eigenvalue weighted by Gasteiger charge is -2.39. The van der Waals surface area contributed by atoms with E-state index in [1.165, 1.54) is 0 Å². The molecule has 0 aliphatic carbocycles. The maximum Gasteiger partial charge on any atom is 0.225 e. The van der Waals surface area contributed by atoms with E-state index in [2.05, 4.69) is 25.0 Å². The number of piperidine rings is 1. The van der Waals surface area contributed by atoms with Crippen LogP contribution >= 0.6 is 11.6 Å². The summed E-state index contributed by atoms with van der Waals surface area (Å²) in [6.45, 7) is 4.84. The number of piperazine rings is 1. The summed E-state index contributed by atoms with van der Waals surface area (Å²) in [5, 5.41) is 8.44. The largest absolute Gasteiger partial charge is 0.355 e. The van der Waals surface area contributed by atoms with Crippen LogP contribution < -0.4 is 9.80 Å². The summed E-state index contributed by atoms with van der Waals surface area (Å²) in [7, 11) is 0. The van der Waals surface area contributed by atoms with E-state index in [4.69, 9.17) is 11.6 Å². The van der Waals surface area contributed by atoms with Crippen LogP contribution in [0.1, 0.15) is 12.8 Å². The van der Waals surface area contributed by atoms with Crippen LogP contribution in [0.3, 0.4) is 0 Å². The summed E-state index contributed by atoms with van der Waals surface area (Å²) < 4.78 is 0. The van der Waals surface area contributed by atoms with E-state index < -0.39 is 0 Å². The van der Waals surface area contributed by atoms with E-state index in [-0.39, 0.29) is 11.8 Å². The number of pyridine rings is 1. The first-order valence-electron chi connectivity index (χ1n) is 9.39. The van der Waals surface area contributed by atoms with Gasteiger partial charge in [0.1, 0.15) is 5.82 Å². The van der Waals surface area contributed by atoms with Crippen LogP contribution in [0.15, 0.2) is 36.5 Å². The molecule has 0 saturated carbocycles. The third-order valence-corrected chi connectivity index (χ3v) is 5.55. The molecule has 2 aromatic rings. The van der Waals surface area contributed by atoms with E-state index in [0.717, 1.165) is 63.7 Å². The Kier molecular flexibility index (Phi) is 5.38. The fraction of sp³-hybridized carbons (Fsp3) is 0.474. The molecular weight excluding hydrogens is 364 g/mol. The molecule has 142 valence electrons. The molecule has 4 heterocycles. The average molecular weight is 387 g/mol. The van der Waals surface area contributed by atoms with Crippen molar-refractivity contribution in [2.45, 2.75) is 12.8 Å². The van der Waals surface area contributed by atoms with Gasteiger partial charge in [0.15, 0.2) is 11.0 Å². The summed E-state index contributed by atoms with van der Waals surface area (Å²) in [6.07, 6.45) is 3.51. The van der Waals surface area contributed by atoms with Gasteiger partial charge in [-0.2, -0.15) is 0 Å². The normalized spacial score (nSPS) is 18.6. The highest BCUT2D eigenvalue weighted by Gasteiger charge is 2.31. The van der Waals surface area contributed by atoms with Gasteiger partial charge in [-0.3, -0.25) is 4.79 Å². The number of nitrogens with zero attached hydrogens (tertiary/aromatic N) is 6. The number of anilines is 2. The molecule has 2 aliphatic heterocycles. The quantitative estimate of drug-likeness (QED) is 0.804. The van der Waals surface area contributed by atoms with Gasteiger partial charge < -0.3 is 14.7 Å². The zero-order chi connectivity index (χ0) is 18.6. The number of halogens is 1. The van der Waals surface area contributed by atoms with Crippen molar-refractivity contribution in [1.82, 2.24) is 20.1 Å². The molecule has 0 unspecified atom stereocenters. The molecule has 0 atom stereocenters. The predicted octanol–water partition coefficient (Wildman–Crippen LogP) is 2.09. The second-order valence-corrected chi connectivity index (χ2v) is 7.36. The van der Waals surface area contributed by atoms with Crippen molar-refractivity contribution in [3.63, 3.8) is 0 Å². The third-order valence-electron chi connectivity index (χ3n) is 5.35. The zero-order valence-corrected chi connectivity index (χ0v) is 15.9. The molecule has 0 aromatic carbocycles. The topological polar surface area (TPSA) is 65.5 Å². The van der Waals surface area contributed by atoms with E-state index in [9.17, 15) is 4.79 Å². The number of amides is 1. The van der Waals surface area contributed by atoms with E-state index in [1.54, 1.807) is 6.07 Å². The molecule has 0 N–H and O–H groups in total. The SMILES string of the molecule is O=C(C1CCN(c2ccc(Cl)nn2)CC1)N1CCN(c2ccccn2)CC1. The van der Waals surface area contributed by atoms with Crippen molar-refractivity contribution in [3.8, 4) is 0 Å². The molecule has 2 aromatic heterocycles. The van der Waals surface area contributed by atoms with Crippen LogP contribution in [0.5, 0.6) is 0 Å².